The van der Waals surface area contributed by atoms with Crippen LogP contribution < -0.4 is 0 Å². The minimum Gasteiger partial charge on any atom is -0.460 e. The van der Waals surface area contributed by atoms with Gasteiger partial charge < -0.3 is 18.9 Å². The van der Waals surface area contributed by atoms with E-state index in [9.17, 15) is 14.4 Å². The zero-order valence-electron chi connectivity index (χ0n) is 18.0. The van der Waals surface area contributed by atoms with Crippen molar-refractivity contribution in [3.8, 4) is 0 Å². The summed E-state index contributed by atoms with van der Waals surface area (Å²) in [5, 5.41) is 0. The number of carbonyl (C=O) groups excluding carboxylic acids is 3. The van der Waals surface area contributed by atoms with Gasteiger partial charge in [-0.2, -0.15) is 0 Å². The highest BCUT2D eigenvalue weighted by molar-refractivity contribution is 5.96. The fraction of sp³-hybridized carbons (Fsp3) is 0.320. The molecule has 2 aromatic rings. The third-order valence-electron chi connectivity index (χ3n) is 4.91. The summed E-state index contributed by atoms with van der Waals surface area (Å²) in [4.78, 5) is 37.1. The maximum Gasteiger partial charge on any atom is 0.323 e. The monoisotopic (exact) mass is 438 g/mol. The van der Waals surface area contributed by atoms with Gasteiger partial charge >= 0.3 is 17.9 Å². The third kappa shape index (κ3) is 6.52. The molecule has 0 aliphatic carbocycles. The van der Waals surface area contributed by atoms with Gasteiger partial charge in [-0.05, 0) is 24.1 Å². The molecule has 0 aromatic heterocycles. The molecule has 1 heterocycles. The fourth-order valence-corrected chi connectivity index (χ4v) is 3.26. The molecule has 7 nitrogen and oxygen atoms in total. The molecular formula is C25H26O7. The van der Waals surface area contributed by atoms with Gasteiger partial charge in [0.25, 0.3) is 0 Å². The molecule has 0 bridgehead atoms. The Morgan fingerprint density at radius 1 is 0.844 bits per heavy atom. The maximum absolute atomic E-state index is 12.9. The van der Waals surface area contributed by atoms with Crippen molar-refractivity contribution in [1.29, 1.82) is 0 Å². The molecule has 0 radical (unpaired) electrons. The minimum atomic E-state index is -1.32. The van der Waals surface area contributed by atoms with Crippen molar-refractivity contribution in [1.82, 2.24) is 0 Å². The quantitative estimate of drug-likeness (QED) is 0.270. The van der Waals surface area contributed by atoms with Gasteiger partial charge in [0.15, 0.2) is 5.92 Å². The second-order valence-corrected chi connectivity index (χ2v) is 7.43. The summed E-state index contributed by atoms with van der Waals surface area (Å²) in [6.45, 7) is 3.04. The zero-order valence-corrected chi connectivity index (χ0v) is 18.0. The van der Waals surface area contributed by atoms with Crippen molar-refractivity contribution in [2.75, 3.05) is 0 Å². The molecule has 0 saturated carbocycles. The van der Waals surface area contributed by atoms with Gasteiger partial charge in [0, 0.05) is 6.92 Å². The van der Waals surface area contributed by atoms with E-state index < -0.39 is 42.1 Å². The van der Waals surface area contributed by atoms with Crippen LogP contribution in [0.2, 0.25) is 0 Å². The molecule has 32 heavy (non-hydrogen) atoms. The van der Waals surface area contributed by atoms with Crippen LogP contribution in [0.5, 0.6) is 0 Å². The highest BCUT2D eigenvalue weighted by atomic mass is 16.6. The van der Waals surface area contributed by atoms with Crippen molar-refractivity contribution in [2.45, 2.75) is 45.4 Å². The molecule has 0 N–H and O–H groups in total. The van der Waals surface area contributed by atoms with Crippen molar-refractivity contribution in [3.63, 3.8) is 0 Å². The van der Waals surface area contributed by atoms with Gasteiger partial charge in [0.1, 0.15) is 25.4 Å². The van der Waals surface area contributed by atoms with Crippen LogP contribution in [0.3, 0.4) is 0 Å². The number of esters is 3. The fourth-order valence-electron chi connectivity index (χ4n) is 3.26. The Morgan fingerprint density at radius 3 is 1.78 bits per heavy atom. The molecule has 168 valence electrons. The molecule has 0 spiro atoms. The summed E-state index contributed by atoms with van der Waals surface area (Å²) >= 11 is 0. The molecule has 0 saturated heterocycles. The van der Waals surface area contributed by atoms with E-state index in [1.165, 1.54) is 13.0 Å². The first kappa shape index (κ1) is 23.2. The van der Waals surface area contributed by atoms with Gasteiger partial charge in [-0.15, -0.1) is 0 Å². The lowest BCUT2D eigenvalue weighted by Crippen LogP contribution is -2.44. The zero-order chi connectivity index (χ0) is 22.9. The highest BCUT2D eigenvalue weighted by Gasteiger charge is 2.41. The molecule has 0 fully saturated rings. The van der Waals surface area contributed by atoms with Crippen molar-refractivity contribution in [3.05, 3.63) is 83.9 Å². The summed E-state index contributed by atoms with van der Waals surface area (Å²) in [6, 6.07) is 18.3. The molecule has 1 aliphatic rings. The maximum atomic E-state index is 12.9. The summed E-state index contributed by atoms with van der Waals surface area (Å²) in [6.07, 6.45) is 1.07. The first-order chi connectivity index (χ1) is 15.4. The van der Waals surface area contributed by atoms with Crippen molar-refractivity contribution >= 4 is 17.9 Å². The third-order valence-corrected chi connectivity index (χ3v) is 4.91. The van der Waals surface area contributed by atoms with E-state index in [-0.39, 0.29) is 13.2 Å². The van der Waals surface area contributed by atoms with E-state index in [4.69, 9.17) is 18.9 Å². The molecule has 0 unspecified atom stereocenters. The number of hydrogen-bond donors (Lipinski definition) is 0. The number of hydrogen-bond acceptors (Lipinski definition) is 7. The predicted octanol–water partition coefficient (Wildman–Crippen LogP) is 3.36. The first-order valence-corrected chi connectivity index (χ1v) is 10.4. The van der Waals surface area contributed by atoms with E-state index in [0.29, 0.717) is 0 Å². The van der Waals surface area contributed by atoms with Gasteiger partial charge in [-0.25, -0.2) is 0 Å². The Bertz CT molecular complexity index is 884. The lowest BCUT2D eigenvalue weighted by Gasteiger charge is -2.32. The Hall–Kier alpha value is -3.45. The first-order valence-electron chi connectivity index (χ1n) is 10.4. The SMILES string of the molecule is CC(=O)O[C@@H]1C=C[C@H](C(C(=O)OCc2ccccc2)C(=O)OCc2ccccc2)O[C@H]1C. The minimum absolute atomic E-state index is 0.0181. The summed E-state index contributed by atoms with van der Waals surface area (Å²) in [5.41, 5.74) is 1.58. The molecule has 3 rings (SSSR count). The lowest BCUT2D eigenvalue weighted by molar-refractivity contribution is -0.176. The van der Waals surface area contributed by atoms with Crippen molar-refractivity contribution in [2.24, 2.45) is 5.92 Å². The van der Waals surface area contributed by atoms with E-state index in [1.54, 1.807) is 13.0 Å². The predicted molar refractivity (Wildman–Crippen MR) is 115 cm³/mol. The highest BCUT2D eigenvalue weighted by Crippen LogP contribution is 2.24. The van der Waals surface area contributed by atoms with E-state index in [2.05, 4.69) is 0 Å². The Morgan fingerprint density at radius 2 is 1.34 bits per heavy atom. The average Bonchev–Trinajstić information content (AvgIpc) is 2.79. The van der Waals surface area contributed by atoms with Crippen LogP contribution in [-0.4, -0.2) is 36.2 Å². The molecule has 7 heteroatoms. The standard InChI is InChI=1S/C25H26O7/c1-17-21(32-18(2)26)13-14-22(31-17)23(24(27)29-15-19-9-5-3-6-10-19)25(28)30-16-20-11-7-4-8-12-20/h3-14,17,21-23H,15-16H2,1-2H3/t17-,21+,22+/m0/s1. The summed E-state index contributed by atoms with van der Waals surface area (Å²) in [5.74, 6) is -3.27. The Balaban J connectivity index is 1.73. The van der Waals surface area contributed by atoms with Crippen LogP contribution in [0.15, 0.2) is 72.8 Å². The molecule has 2 aromatic carbocycles. The average molecular weight is 438 g/mol. The van der Waals surface area contributed by atoms with Gasteiger partial charge in [0.2, 0.25) is 0 Å². The number of carbonyl (C=O) groups is 3. The molecular weight excluding hydrogens is 412 g/mol. The summed E-state index contributed by atoms with van der Waals surface area (Å²) < 4.78 is 21.8. The van der Waals surface area contributed by atoms with Crippen molar-refractivity contribution < 1.29 is 33.3 Å². The second-order valence-electron chi connectivity index (χ2n) is 7.43. The second kappa shape index (κ2) is 11.2. The molecule has 1 aliphatic heterocycles. The van der Waals surface area contributed by atoms with Crippen LogP contribution in [0.4, 0.5) is 0 Å². The number of ether oxygens (including phenoxy) is 4. The Labute approximate surface area is 186 Å². The van der Waals surface area contributed by atoms with Crippen LogP contribution in [0.1, 0.15) is 25.0 Å². The van der Waals surface area contributed by atoms with E-state index >= 15 is 0 Å². The van der Waals surface area contributed by atoms with Crippen LogP contribution in [-0.2, 0) is 46.5 Å². The Kier molecular flexibility index (Phi) is 8.16. The van der Waals surface area contributed by atoms with Crippen LogP contribution in [0, 0.1) is 5.92 Å². The normalized spacial score (nSPS) is 19.9. The smallest absolute Gasteiger partial charge is 0.323 e. The summed E-state index contributed by atoms with van der Waals surface area (Å²) in [7, 11) is 0. The van der Waals surface area contributed by atoms with Gasteiger partial charge in [-0.3, -0.25) is 14.4 Å². The largest absolute Gasteiger partial charge is 0.460 e. The van der Waals surface area contributed by atoms with Crippen LogP contribution in [0.25, 0.3) is 0 Å². The molecule has 3 atom stereocenters. The number of rotatable bonds is 8. The topological polar surface area (TPSA) is 88.1 Å². The lowest BCUT2D eigenvalue weighted by atomic mass is 9.98. The van der Waals surface area contributed by atoms with E-state index in [1.807, 2.05) is 60.7 Å². The number of benzene rings is 2. The van der Waals surface area contributed by atoms with E-state index in [0.717, 1.165) is 11.1 Å². The van der Waals surface area contributed by atoms with Crippen LogP contribution >= 0.6 is 0 Å². The van der Waals surface area contributed by atoms with Gasteiger partial charge in [-0.1, -0.05) is 66.7 Å². The molecule has 0 amide bonds. The van der Waals surface area contributed by atoms with Gasteiger partial charge in [0.05, 0.1) is 6.10 Å².